The third-order valence-corrected chi connectivity index (χ3v) is 6.10. The van der Waals surface area contributed by atoms with E-state index in [-0.39, 0.29) is 36.9 Å². The fraction of sp³-hybridized carbons (Fsp3) is 0.476. The normalized spacial score (nSPS) is 18.0. The number of aliphatic hydroxyl groups excluding tert-OH is 2. The van der Waals surface area contributed by atoms with E-state index in [1.807, 2.05) is 5.48 Å². The maximum atomic E-state index is 13.3. The van der Waals surface area contributed by atoms with Crippen LogP contribution in [0, 0.1) is 0 Å². The van der Waals surface area contributed by atoms with Crippen LogP contribution in [0.5, 0.6) is 5.75 Å². The zero-order valence-electron chi connectivity index (χ0n) is 18.8. The van der Waals surface area contributed by atoms with Gasteiger partial charge in [-0.2, -0.15) is 10.5 Å². The summed E-state index contributed by atoms with van der Waals surface area (Å²) in [4.78, 5) is 30.8. The molecule has 2 radical (unpaired) electrons. The Morgan fingerprint density at radius 3 is 2.65 bits per heavy atom. The van der Waals surface area contributed by atoms with Crippen molar-refractivity contribution in [2.24, 2.45) is 0 Å². The molecule has 34 heavy (non-hydrogen) atoms. The summed E-state index contributed by atoms with van der Waals surface area (Å²) >= 11 is 0. The predicted molar refractivity (Wildman–Crippen MR) is 125 cm³/mol. The van der Waals surface area contributed by atoms with E-state index in [0.29, 0.717) is 23.6 Å². The summed E-state index contributed by atoms with van der Waals surface area (Å²) < 4.78 is 8.84. The first kappa shape index (κ1) is 24.0. The first-order valence-electron chi connectivity index (χ1n) is 11.0. The van der Waals surface area contributed by atoms with Gasteiger partial charge in [0.15, 0.2) is 11.2 Å². The van der Waals surface area contributed by atoms with E-state index in [1.54, 1.807) is 22.8 Å². The van der Waals surface area contributed by atoms with Crippen molar-refractivity contribution in [3.8, 4) is 5.75 Å². The van der Waals surface area contributed by atoms with Crippen molar-refractivity contribution in [3.63, 3.8) is 0 Å². The highest BCUT2D eigenvalue weighted by Crippen LogP contribution is 2.25. The maximum Gasteiger partial charge on any atom is 0.334 e. The molecule has 3 aromatic rings. The van der Waals surface area contributed by atoms with Crippen LogP contribution >= 0.6 is 0 Å². The molecular formula is C21H27BN6O6. The van der Waals surface area contributed by atoms with Crippen LogP contribution in [0.25, 0.3) is 11.2 Å². The van der Waals surface area contributed by atoms with E-state index in [2.05, 4.69) is 10.3 Å². The average molecular weight is 470 g/mol. The minimum Gasteiger partial charge on any atom is -0.497 e. The molecule has 5 N–H and O–H groups in total. The smallest absolute Gasteiger partial charge is 0.334 e. The van der Waals surface area contributed by atoms with Gasteiger partial charge in [-0.15, -0.1) is 0 Å². The molecule has 4 rings (SSSR count). The van der Waals surface area contributed by atoms with Crippen molar-refractivity contribution in [1.29, 1.82) is 0 Å². The van der Waals surface area contributed by atoms with Gasteiger partial charge in [-0.1, -0.05) is 17.6 Å². The lowest BCUT2D eigenvalue weighted by Gasteiger charge is -2.18. The number of nitrogens with one attached hydrogen (secondary N) is 2. The summed E-state index contributed by atoms with van der Waals surface area (Å²) in [7, 11) is 7.58. The second-order valence-corrected chi connectivity index (χ2v) is 8.23. The number of nitrogens with zero attached hydrogens (tertiary/aromatic N) is 4. The number of hydrogen-bond donors (Lipinski definition) is 5. The maximum absolute atomic E-state index is 13.3. The second-order valence-electron chi connectivity index (χ2n) is 8.23. The molecular weight excluding hydrogens is 443 g/mol. The van der Waals surface area contributed by atoms with Crippen molar-refractivity contribution in [3.05, 3.63) is 44.6 Å². The van der Waals surface area contributed by atoms with Gasteiger partial charge in [0.1, 0.15) is 20.3 Å². The first-order valence-corrected chi connectivity index (χ1v) is 11.0. The Labute approximate surface area is 195 Å². The number of hydrogen-bond acceptors (Lipinski definition) is 9. The summed E-state index contributed by atoms with van der Waals surface area (Å²) in [6, 6.07) is 4.96. The van der Waals surface area contributed by atoms with E-state index >= 15 is 0 Å². The zero-order chi connectivity index (χ0) is 24.4. The number of anilines is 1. The molecule has 0 bridgehead atoms. The minimum atomic E-state index is -0.723. The lowest BCUT2D eigenvalue weighted by Crippen LogP contribution is -2.43. The third kappa shape index (κ3) is 4.34. The molecule has 2 atom stereocenters. The average Bonchev–Trinajstić information content (AvgIpc) is 3.38. The molecule has 0 amide bonds. The molecule has 13 heteroatoms. The molecule has 0 unspecified atom stereocenters. The Hall–Kier alpha value is -3.13. The summed E-state index contributed by atoms with van der Waals surface area (Å²) in [5, 5.41) is 32.3. The number of methoxy groups -OCH3 is 1. The van der Waals surface area contributed by atoms with Gasteiger partial charge in [0.25, 0.3) is 5.56 Å². The number of fused-ring (bicyclic) bond motifs is 1. The van der Waals surface area contributed by atoms with E-state index in [9.17, 15) is 25.0 Å². The van der Waals surface area contributed by atoms with Gasteiger partial charge >= 0.3 is 5.69 Å². The number of aromatic nitrogens is 4. The molecule has 180 valence electrons. The van der Waals surface area contributed by atoms with Crippen molar-refractivity contribution in [2.75, 3.05) is 19.0 Å². The van der Waals surface area contributed by atoms with E-state index in [0.717, 1.165) is 23.0 Å². The highest BCUT2D eigenvalue weighted by atomic mass is 16.5. The van der Waals surface area contributed by atoms with Crippen molar-refractivity contribution in [1.82, 2.24) is 24.2 Å². The van der Waals surface area contributed by atoms with Gasteiger partial charge in [-0.25, -0.2) is 9.36 Å². The van der Waals surface area contributed by atoms with Gasteiger partial charge in [-0.3, -0.25) is 13.9 Å². The van der Waals surface area contributed by atoms with Gasteiger partial charge in [-0.05, 0) is 30.9 Å². The molecule has 2 aromatic heterocycles. The highest BCUT2D eigenvalue weighted by molar-refractivity contribution is 6.34. The zero-order valence-corrected chi connectivity index (χ0v) is 18.8. The monoisotopic (exact) mass is 470 g/mol. The van der Waals surface area contributed by atoms with Crippen LogP contribution in [0.4, 0.5) is 5.95 Å². The van der Waals surface area contributed by atoms with Crippen LogP contribution in [0.2, 0.25) is 0 Å². The fourth-order valence-electron chi connectivity index (χ4n) is 4.41. The number of aliphatic hydroxyl groups is 2. The Morgan fingerprint density at radius 1 is 1.24 bits per heavy atom. The Morgan fingerprint density at radius 2 is 2.03 bits per heavy atom. The standard InChI is InChI=1S/C21H27BN6O6/c1-34-16-6-5-12(9-13(16)22)10-27-17-18(25-20(27)24-14-3-2-4-15(14)30)26(7-8-29)21(32)28(11-23-33)19(17)31/h5-6,9,14-15,23,29-30,33H,2-4,7-8,10-11H2,1H3,(H,24,25)/t14-,15-/m1/s1. The predicted octanol–water partition coefficient (Wildman–Crippen LogP) is -1.54. The summed E-state index contributed by atoms with van der Waals surface area (Å²) in [5.74, 6) is 0.813. The number of ether oxygens (including phenoxy) is 1. The minimum absolute atomic E-state index is 0.0923. The van der Waals surface area contributed by atoms with Crippen molar-refractivity contribution >= 4 is 30.4 Å². The van der Waals surface area contributed by atoms with Crippen molar-refractivity contribution in [2.45, 2.75) is 51.2 Å². The molecule has 1 aliphatic carbocycles. The van der Waals surface area contributed by atoms with E-state index in [1.165, 1.54) is 11.7 Å². The lowest BCUT2D eigenvalue weighted by molar-refractivity contribution is 0.134. The second kappa shape index (κ2) is 10.0. The highest BCUT2D eigenvalue weighted by Gasteiger charge is 2.28. The van der Waals surface area contributed by atoms with Gasteiger partial charge < -0.3 is 25.5 Å². The van der Waals surface area contributed by atoms with Gasteiger partial charge in [0, 0.05) is 0 Å². The lowest BCUT2D eigenvalue weighted by atomic mass is 9.93. The number of imidazole rings is 1. The summed E-state index contributed by atoms with van der Waals surface area (Å²) in [6.07, 6.45) is 1.65. The molecule has 1 aromatic carbocycles. The van der Waals surface area contributed by atoms with E-state index in [4.69, 9.17) is 12.6 Å². The largest absolute Gasteiger partial charge is 0.497 e. The van der Waals surface area contributed by atoms with Crippen LogP contribution in [0.3, 0.4) is 0 Å². The topological polar surface area (TPSA) is 156 Å². The molecule has 12 nitrogen and oxygen atoms in total. The number of benzene rings is 1. The fourth-order valence-corrected chi connectivity index (χ4v) is 4.41. The van der Waals surface area contributed by atoms with Crippen LogP contribution in [-0.2, 0) is 19.8 Å². The molecule has 0 spiro atoms. The van der Waals surface area contributed by atoms with E-state index < -0.39 is 24.0 Å². The molecule has 2 heterocycles. The van der Waals surface area contributed by atoms with Gasteiger partial charge in [0.05, 0.1) is 39.0 Å². The van der Waals surface area contributed by atoms with Gasteiger partial charge in [0.2, 0.25) is 5.95 Å². The first-order chi connectivity index (χ1) is 16.4. The van der Waals surface area contributed by atoms with Crippen LogP contribution in [-0.4, -0.2) is 67.8 Å². The van der Waals surface area contributed by atoms with Crippen LogP contribution < -0.4 is 32.2 Å². The van der Waals surface area contributed by atoms with Crippen LogP contribution in [0.15, 0.2) is 27.8 Å². The number of hydroxylamine groups is 1. The summed E-state index contributed by atoms with van der Waals surface area (Å²) in [6.45, 7) is -0.719. The molecule has 0 aliphatic heterocycles. The molecule has 1 fully saturated rings. The molecule has 0 saturated heterocycles. The Bertz CT molecular complexity index is 1300. The quantitative estimate of drug-likeness (QED) is 0.185. The third-order valence-electron chi connectivity index (χ3n) is 6.10. The molecule has 1 saturated carbocycles. The van der Waals surface area contributed by atoms with Crippen LogP contribution in [0.1, 0.15) is 24.8 Å². The Kier molecular flexibility index (Phi) is 7.07. The van der Waals surface area contributed by atoms with Crippen molar-refractivity contribution < 1.29 is 20.2 Å². The Balaban J connectivity index is 1.93. The molecule has 1 aliphatic rings. The summed E-state index contributed by atoms with van der Waals surface area (Å²) in [5.41, 5.74) is 1.82. The number of rotatable bonds is 9. The SMILES string of the molecule is [B]c1cc(Cn2c(N[C@@H]3CCC[C@H]3O)nc3c2c(=O)n(CNO)c(=O)n3CCO)ccc1OC.